The molecule has 7 heteroatoms. The average Bonchev–Trinajstić information content (AvgIpc) is 3.52. The highest BCUT2D eigenvalue weighted by molar-refractivity contribution is 7.13. The topological polar surface area (TPSA) is 88.5 Å². The Bertz CT molecular complexity index is 1070. The zero-order valence-corrected chi connectivity index (χ0v) is 18.2. The predicted octanol–water partition coefficient (Wildman–Crippen LogP) is 4.97. The lowest BCUT2D eigenvalue weighted by Gasteiger charge is -2.26. The van der Waals surface area contributed by atoms with Gasteiger partial charge >= 0.3 is 5.97 Å². The summed E-state index contributed by atoms with van der Waals surface area (Å²) in [4.78, 5) is 28.5. The number of nitrogens with zero attached hydrogens (tertiary/aromatic N) is 1. The molecule has 2 aromatic carbocycles. The molecule has 0 bridgehead atoms. The Labute approximate surface area is 184 Å². The Morgan fingerprint density at radius 1 is 1.13 bits per heavy atom. The first kappa shape index (κ1) is 21.1. The Morgan fingerprint density at radius 2 is 1.81 bits per heavy atom. The number of aryl methyl sites for hydroxylation is 1. The molecule has 1 saturated carbocycles. The van der Waals surface area contributed by atoms with Crippen LogP contribution in [0.25, 0.3) is 0 Å². The molecule has 1 aliphatic rings. The van der Waals surface area contributed by atoms with Crippen LogP contribution >= 0.6 is 11.3 Å². The van der Waals surface area contributed by atoms with Crippen LogP contribution in [-0.4, -0.2) is 28.0 Å². The van der Waals surface area contributed by atoms with Gasteiger partial charge in [0.15, 0.2) is 0 Å². The summed E-state index contributed by atoms with van der Waals surface area (Å²) in [7, 11) is 0. The summed E-state index contributed by atoms with van der Waals surface area (Å²) in [6, 6.07) is 14.3. The van der Waals surface area contributed by atoms with Gasteiger partial charge in [-0.3, -0.25) is 4.79 Å². The fourth-order valence-corrected chi connectivity index (χ4v) is 4.16. The Kier molecular flexibility index (Phi) is 6.04. The van der Waals surface area contributed by atoms with Crippen LogP contribution in [0.3, 0.4) is 0 Å². The SMILES string of the molecule is Cc1ncc(C(=O)N[C@@H](C)[C@H](Oc2ccc(C(=O)O)cc2)c2ccc(C3CC3)cc2)s1. The lowest BCUT2D eigenvalue weighted by atomic mass is 10.00. The van der Waals surface area contributed by atoms with Crippen LogP contribution in [-0.2, 0) is 0 Å². The second kappa shape index (κ2) is 8.89. The van der Waals surface area contributed by atoms with Crippen molar-refractivity contribution in [3.63, 3.8) is 0 Å². The van der Waals surface area contributed by atoms with Gasteiger partial charge in [-0.1, -0.05) is 24.3 Å². The van der Waals surface area contributed by atoms with Crippen molar-refractivity contribution in [1.82, 2.24) is 10.3 Å². The quantitative estimate of drug-likeness (QED) is 0.521. The molecule has 0 saturated heterocycles. The number of carboxylic acid groups (broad SMARTS) is 1. The van der Waals surface area contributed by atoms with Crippen LogP contribution < -0.4 is 10.1 Å². The number of rotatable bonds is 8. The minimum Gasteiger partial charge on any atom is -0.484 e. The zero-order chi connectivity index (χ0) is 22.0. The van der Waals surface area contributed by atoms with Gasteiger partial charge < -0.3 is 15.2 Å². The van der Waals surface area contributed by atoms with Crippen molar-refractivity contribution < 1.29 is 19.4 Å². The molecule has 1 fully saturated rings. The van der Waals surface area contributed by atoms with E-state index in [-0.39, 0.29) is 17.5 Å². The van der Waals surface area contributed by atoms with Crippen LogP contribution in [0.2, 0.25) is 0 Å². The van der Waals surface area contributed by atoms with Gasteiger partial charge in [0.05, 0.1) is 22.8 Å². The van der Waals surface area contributed by atoms with Gasteiger partial charge in [0.2, 0.25) is 0 Å². The molecule has 2 atom stereocenters. The molecule has 0 spiro atoms. The Balaban J connectivity index is 1.56. The summed E-state index contributed by atoms with van der Waals surface area (Å²) in [5, 5.41) is 13.0. The molecule has 6 nitrogen and oxygen atoms in total. The van der Waals surface area contributed by atoms with Gasteiger partial charge in [0.1, 0.15) is 16.7 Å². The minimum atomic E-state index is -0.987. The second-order valence-electron chi connectivity index (χ2n) is 7.81. The van der Waals surface area contributed by atoms with Crippen LogP contribution in [0, 0.1) is 6.92 Å². The summed E-state index contributed by atoms with van der Waals surface area (Å²) < 4.78 is 6.24. The lowest BCUT2D eigenvalue weighted by Crippen LogP contribution is -2.39. The normalized spacial score (nSPS) is 15.2. The fourth-order valence-electron chi connectivity index (χ4n) is 3.48. The van der Waals surface area contributed by atoms with Gasteiger partial charge in [0.25, 0.3) is 5.91 Å². The number of nitrogens with one attached hydrogen (secondary N) is 1. The van der Waals surface area contributed by atoms with E-state index in [0.29, 0.717) is 16.5 Å². The number of carboxylic acids is 1. The third kappa shape index (κ3) is 5.11. The first-order chi connectivity index (χ1) is 14.9. The van der Waals surface area contributed by atoms with Crippen LogP contribution in [0.15, 0.2) is 54.7 Å². The maximum absolute atomic E-state index is 12.7. The molecular weight excluding hydrogens is 412 g/mol. The number of carbonyl (C=O) groups is 2. The largest absolute Gasteiger partial charge is 0.484 e. The van der Waals surface area contributed by atoms with E-state index in [4.69, 9.17) is 9.84 Å². The van der Waals surface area contributed by atoms with E-state index in [1.54, 1.807) is 18.3 Å². The first-order valence-corrected chi connectivity index (χ1v) is 11.1. The number of ether oxygens (including phenoxy) is 1. The standard InChI is InChI=1S/C24H24N2O4S/c1-14(26-23(27)21-13-25-15(2)31-21)22(18-7-5-17(6-8-18)16-3-4-16)30-20-11-9-19(10-12-20)24(28)29/h5-14,16,22H,3-4H2,1-2H3,(H,26,27)(H,28,29)/t14-,22-/m0/s1. The molecule has 3 aromatic rings. The highest BCUT2D eigenvalue weighted by Crippen LogP contribution is 2.40. The van der Waals surface area contributed by atoms with Crippen molar-refractivity contribution in [2.75, 3.05) is 0 Å². The number of aromatic carboxylic acids is 1. The van der Waals surface area contributed by atoms with Crippen LogP contribution in [0.5, 0.6) is 5.75 Å². The van der Waals surface area contributed by atoms with E-state index in [2.05, 4.69) is 22.4 Å². The number of thiazole rings is 1. The number of aromatic nitrogens is 1. The molecule has 1 heterocycles. The summed E-state index contributed by atoms with van der Waals surface area (Å²) in [6.45, 7) is 3.76. The van der Waals surface area contributed by atoms with Gasteiger partial charge in [-0.25, -0.2) is 9.78 Å². The summed E-state index contributed by atoms with van der Waals surface area (Å²) in [6.07, 6.45) is 3.60. The van der Waals surface area contributed by atoms with Crippen molar-refractivity contribution in [3.8, 4) is 5.75 Å². The van der Waals surface area contributed by atoms with E-state index >= 15 is 0 Å². The van der Waals surface area contributed by atoms with E-state index in [9.17, 15) is 9.59 Å². The maximum Gasteiger partial charge on any atom is 0.335 e. The molecule has 0 aliphatic heterocycles. The van der Waals surface area contributed by atoms with E-state index in [1.807, 2.05) is 26.0 Å². The number of benzene rings is 2. The van der Waals surface area contributed by atoms with E-state index in [0.717, 1.165) is 10.6 Å². The Morgan fingerprint density at radius 3 is 2.35 bits per heavy atom. The molecule has 0 radical (unpaired) electrons. The predicted molar refractivity (Wildman–Crippen MR) is 119 cm³/mol. The summed E-state index contributed by atoms with van der Waals surface area (Å²) in [5.74, 6) is 0.0152. The highest BCUT2D eigenvalue weighted by Gasteiger charge is 2.27. The Hall–Kier alpha value is -3.19. The summed E-state index contributed by atoms with van der Waals surface area (Å²) in [5.41, 5.74) is 2.46. The van der Waals surface area contributed by atoms with Crippen molar-refractivity contribution >= 4 is 23.2 Å². The number of amides is 1. The zero-order valence-electron chi connectivity index (χ0n) is 17.4. The number of carbonyl (C=O) groups excluding carboxylic acids is 1. The molecule has 31 heavy (non-hydrogen) atoms. The van der Waals surface area contributed by atoms with Crippen molar-refractivity contribution in [1.29, 1.82) is 0 Å². The van der Waals surface area contributed by atoms with Gasteiger partial charge in [0, 0.05) is 0 Å². The maximum atomic E-state index is 12.7. The molecule has 1 aliphatic carbocycles. The van der Waals surface area contributed by atoms with Crippen LogP contribution in [0.4, 0.5) is 0 Å². The van der Waals surface area contributed by atoms with Gasteiger partial charge in [-0.2, -0.15) is 0 Å². The van der Waals surface area contributed by atoms with Crippen molar-refractivity contribution in [2.24, 2.45) is 0 Å². The van der Waals surface area contributed by atoms with E-state index < -0.39 is 12.1 Å². The second-order valence-corrected chi connectivity index (χ2v) is 9.05. The van der Waals surface area contributed by atoms with Gasteiger partial charge in [-0.05, 0) is 68.0 Å². The third-order valence-corrected chi connectivity index (χ3v) is 6.25. The van der Waals surface area contributed by atoms with Crippen molar-refractivity contribution in [2.45, 2.75) is 44.8 Å². The van der Waals surface area contributed by atoms with E-state index in [1.165, 1.54) is 41.9 Å². The number of hydrogen-bond donors (Lipinski definition) is 2. The monoisotopic (exact) mass is 436 g/mol. The third-order valence-electron chi connectivity index (χ3n) is 5.34. The molecular formula is C24H24N2O4S. The minimum absolute atomic E-state index is 0.192. The lowest BCUT2D eigenvalue weighted by molar-refractivity contribution is 0.0696. The average molecular weight is 437 g/mol. The number of hydrogen-bond acceptors (Lipinski definition) is 5. The van der Waals surface area contributed by atoms with Crippen molar-refractivity contribution in [3.05, 3.63) is 81.3 Å². The molecule has 160 valence electrons. The summed E-state index contributed by atoms with van der Waals surface area (Å²) >= 11 is 1.35. The first-order valence-electron chi connectivity index (χ1n) is 10.2. The fraction of sp³-hybridized carbons (Fsp3) is 0.292. The highest BCUT2D eigenvalue weighted by atomic mass is 32.1. The molecule has 4 rings (SSSR count). The molecule has 2 N–H and O–H groups in total. The molecule has 1 amide bonds. The van der Waals surface area contributed by atoms with Gasteiger partial charge in [-0.15, -0.1) is 11.3 Å². The molecule has 1 aromatic heterocycles. The smallest absolute Gasteiger partial charge is 0.335 e. The van der Waals surface area contributed by atoms with Crippen LogP contribution in [0.1, 0.15) is 68.0 Å². The molecule has 0 unspecified atom stereocenters.